The summed E-state index contributed by atoms with van der Waals surface area (Å²) in [6.45, 7) is 5.66. The van der Waals surface area contributed by atoms with Crippen molar-refractivity contribution in [2.24, 2.45) is 0 Å². The van der Waals surface area contributed by atoms with Crippen molar-refractivity contribution in [2.45, 2.75) is 6.92 Å². The first kappa shape index (κ1) is 8.60. The molecule has 0 bridgehead atoms. The van der Waals surface area contributed by atoms with Gasteiger partial charge in [0.2, 0.25) is 0 Å². The van der Waals surface area contributed by atoms with Crippen LogP contribution < -0.4 is 4.74 Å². The Labute approximate surface area is 73.0 Å². The van der Waals surface area contributed by atoms with E-state index in [0.717, 1.165) is 5.75 Å². The van der Waals surface area contributed by atoms with Gasteiger partial charge in [-0.3, -0.25) is 0 Å². The Hall–Kier alpha value is -1.50. The van der Waals surface area contributed by atoms with Crippen LogP contribution in [0.5, 0.6) is 5.75 Å². The lowest BCUT2D eigenvalue weighted by atomic mass is 10.3. The Bertz CT molecular complexity index is 272. The van der Waals surface area contributed by atoms with Gasteiger partial charge in [-0.05, 0) is 25.1 Å². The second kappa shape index (κ2) is 4.39. The van der Waals surface area contributed by atoms with Crippen LogP contribution in [0.25, 0.3) is 0 Å². The molecule has 0 unspecified atom stereocenters. The third-order valence-corrected chi connectivity index (χ3v) is 1.34. The Kier molecular flexibility index (Phi) is 3.15. The molecule has 0 heterocycles. The van der Waals surface area contributed by atoms with E-state index in [9.17, 15) is 0 Å². The number of hydrogen-bond donors (Lipinski definition) is 0. The van der Waals surface area contributed by atoms with Crippen LogP contribution in [0.4, 0.5) is 0 Å². The van der Waals surface area contributed by atoms with Gasteiger partial charge < -0.3 is 4.74 Å². The van der Waals surface area contributed by atoms with Gasteiger partial charge in [-0.1, -0.05) is 30.9 Å². The summed E-state index contributed by atoms with van der Waals surface area (Å²) in [6, 6.07) is 9.60. The summed E-state index contributed by atoms with van der Waals surface area (Å²) in [7, 11) is 0. The van der Waals surface area contributed by atoms with Gasteiger partial charge in [0.05, 0.1) is 0 Å². The number of para-hydroxylation sites is 1. The molecule has 0 atom stereocenters. The molecule has 0 aromatic heterocycles. The fourth-order valence-corrected chi connectivity index (χ4v) is 0.860. The molecule has 0 fully saturated rings. The van der Waals surface area contributed by atoms with E-state index in [1.165, 1.54) is 0 Å². The van der Waals surface area contributed by atoms with E-state index in [2.05, 4.69) is 6.58 Å². The Morgan fingerprint density at radius 3 is 2.58 bits per heavy atom. The molecule has 0 aliphatic rings. The van der Waals surface area contributed by atoms with Crippen LogP contribution in [0.1, 0.15) is 6.92 Å². The molecular weight excluding hydrogens is 148 g/mol. The van der Waals surface area contributed by atoms with Crippen LogP contribution in [0.3, 0.4) is 0 Å². The van der Waals surface area contributed by atoms with E-state index in [1.54, 1.807) is 0 Å². The molecule has 0 N–H and O–H groups in total. The van der Waals surface area contributed by atoms with E-state index in [1.807, 2.05) is 49.4 Å². The maximum absolute atomic E-state index is 5.37. The summed E-state index contributed by atoms with van der Waals surface area (Å²) < 4.78 is 5.37. The molecule has 12 heavy (non-hydrogen) atoms. The highest BCUT2D eigenvalue weighted by Gasteiger charge is 1.90. The van der Waals surface area contributed by atoms with Crippen LogP contribution in [0, 0.1) is 0 Å². The number of benzene rings is 1. The number of rotatable bonds is 3. The molecule has 1 aromatic carbocycles. The first-order valence-corrected chi connectivity index (χ1v) is 3.87. The van der Waals surface area contributed by atoms with Gasteiger partial charge in [0.15, 0.2) is 0 Å². The third kappa shape index (κ3) is 2.62. The zero-order valence-electron chi connectivity index (χ0n) is 7.16. The Balaban J connectivity index is 2.59. The number of ether oxygens (including phenoxy) is 1. The summed E-state index contributed by atoms with van der Waals surface area (Å²) >= 11 is 0. The largest absolute Gasteiger partial charge is 0.458 e. The summed E-state index contributed by atoms with van der Waals surface area (Å²) in [5, 5.41) is 0. The molecule has 1 aromatic rings. The first-order chi connectivity index (χ1) is 5.83. The molecule has 62 valence electrons. The Morgan fingerprint density at radius 2 is 2.00 bits per heavy atom. The predicted octanol–water partition coefficient (Wildman–Crippen LogP) is 3.16. The first-order valence-electron chi connectivity index (χ1n) is 3.87. The minimum atomic E-state index is 0.656. The summed E-state index contributed by atoms with van der Waals surface area (Å²) in [6.07, 6.45) is 3.72. The molecule has 1 rings (SSSR count). The van der Waals surface area contributed by atoms with E-state index in [-0.39, 0.29) is 0 Å². The van der Waals surface area contributed by atoms with Gasteiger partial charge in [0, 0.05) is 0 Å². The second-order valence-electron chi connectivity index (χ2n) is 2.38. The van der Waals surface area contributed by atoms with Gasteiger partial charge in [-0.2, -0.15) is 0 Å². The van der Waals surface area contributed by atoms with Crippen molar-refractivity contribution >= 4 is 0 Å². The van der Waals surface area contributed by atoms with Crippen molar-refractivity contribution in [3.05, 3.63) is 54.8 Å². The predicted molar refractivity (Wildman–Crippen MR) is 51.0 cm³/mol. The quantitative estimate of drug-likeness (QED) is 0.487. The molecule has 0 amide bonds. The molecule has 0 radical (unpaired) electrons. The van der Waals surface area contributed by atoms with Crippen LogP contribution in [0.2, 0.25) is 0 Å². The van der Waals surface area contributed by atoms with Gasteiger partial charge in [0.1, 0.15) is 11.5 Å². The van der Waals surface area contributed by atoms with Crippen LogP contribution >= 0.6 is 0 Å². The Morgan fingerprint density at radius 1 is 1.33 bits per heavy atom. The molecule has 0 saturated carbocycles. The van der Waals surface area contributed by atoms with E-state index >= 15 is 0 Å². The molecule has 0 aliphatic carbocycles. The third-order valence-electron chi connectivity index (χ3n) is 1.34. The van der Waals surface area contributed by atoms with E-state index in [4.69, 9.17) is 4.74 Å². The van der Waals surface area contributed by atoms with E-state index < -0.39 is 0 Å². The van der Waals surface area contributed by atoms with Crippen molar-refractivity contribution in [2.75, 3.05) is 0 Å². The maximum Gasteiger partial charge on any atom is 0.127 e. The fraction of sp³-hybridized carbons (Fsp3) is 0.0909. The van der Waals surface area contributed by atoms with Crippen molar-refractivity contribution in [3.63, 3.8) is 0 Å². The molecule has 1 nitrogen and oxygen atoms in total. The highest BCUT2D eigenvalue weighted by molar-refractivity contribution is 5.25. The summed E-state index contributed by atoms with van der Waals surface area (Å²) in [4.78, 5) is 0. The summed E-state index contributed by atoms with van der Waals surface area (Å²) in [5.74, 6) is 1.48. The topological polar surface area (TPSA) is 9.23 Å². The van der Waals surface area contributed by atoms with Gasteiger partial charge in [0.25, 0.3) is 0 Å². The van der Waals surface area contributed by atoms with Gasteiger partial charge in [-0.25, -0.2) is 0 Å². The maximum atomic E-state index is 5.37. The smallest absolute Gasteiger partial charge is 0.127 e. The van der Waals surface area contributed by atoms with Crippen LogP contribution in [-0.2, 0) is 0 Å². The SMILES string of the molecule is C=C(/C=C\C)Oc1ccccc1. The second-order valence-corrected chi connectivity index (χ2v) is 2.38. The fourth-order valence-electron chi connectivity index (χ4n) is 0.860. The molecule has 0 spiro atoms. The zero-order chi connectivity index (χ0) is 8.81. The lowest BCUT2D eigenvalue weighted by Crippen LogP contribution is -1.88. The molecule has 1 heteroatoms. The number of hydrogen-bond acceptors (Lipinski definition) is 1. The van der Waals surface area contributed by atoms with Crippen molar-refractivity contribution in [3.8, 4) is 5.75 Å². The minimum Gasteiger partial charge on any atom is -0.458 e. The van der Waals surface area contributed by atoms with Crippen molar-refractivity contribution in [1.82, 2.24) is 0 Å². The normalized spacial score (nSPS) is 10.1. The van der Waals surface area contributed by atoms with Gasteiger partial charge >= 0.3 is 0 Å². The highest BCUT2D eigenvalue weighted by atomic mass is 16.5. The van der Waals surface area contributed by atoms with Crippen molar-refractivity contribution in [1.29, 1.82) is 0 Å². The standard InChI is InChI=1S/C11H12O/c1-3-7-10(2)12-11-8-5-4-6-9-11/h3-9H,2H2,1H3/b7-3-. The van der Waals surface area contributed by atoms with E-state index in [0.29, 0.717) is 5.76 Å². The van der Waals surface area contributed by atoms with Crippen LogP contribution in [0.15, 0.2) is 54.8 Å². The lowest BCUT2D eigenvalue weighted by molar-refractivity contribution is 0.447. The zero-order valence-corrected chi connectivity index (χ0v) is 7.16. The number of allylic oxidation sites excluding steroid dienone is 2. The molecular formula is C11H12O. The molecule has 0 saturated heterocycles. The van der Waals surface area contributed by atoms with Crippen molar-refractivity contribution < 1.29 is 4.74 Å². The lowest BCUT2D eigenvalue weighted by Gasteiger charge is -2.03. The highest BCUT2D eigenvalue weighted by Crippen LogP contribution is 2.11. The summed E-state index contributed by atoms with van der Waals surface area (Å²) in [5.41, 5.74) is 0. The molecule has 0 aliphatic heterocycles. The average molecular weight is 160 g/mol. The average Bonchev–Trinajstić information content (AvgIpc) is 2.06. The van der Waals surface area contributed by atoms with Crippen LogP contribution in [-0.4, -0.2) is 0 Å². The monoisotopic (exact) mass is 160 g/mol. The van der Waals surface area contributed by atoms with Gasteiger partial charge in [-0.15, -0.1) is 0 Å². The minimum absolute atomic E-state index is 0.656.